The number of carbonyl (C=O) groups is 4. The molecule has 4 heterocycles. The van der Waals surface area contributed by atoms with Gasteiger partial charge < -0.3 is 29.6 Å². The van der Waals surface area contributed by atoms with Crippen molar-refractivity contribution in [2.75, 3.05) is 39.9 Å². The Hall–Kier alpha value is -5.11. The Kier molecular flexibility index (Phi) is 11.5. The van der Waals surface area contributed by atoms with Gasteiger partial charge in [0, 0.05) is 50.0 Å². The number of H-pyrrole nitrogens is 1. The lowest BCUT2D eigenvalue weighted by Crippen LogP contribution is -2.52. The third-order valence-electron chi connectivity index (χ3n) is 9.67. The number of nitrogens with one attached hydrogen (secondary N) is 2. The Labute approximate surface area is 297 Å². The molecule has 1 atom stereocenters. The van der Waals surface area contributed by atoms with Crippen molar-refractivity contribution < 1.29 is 28.7 Å². The molecule has 51 heavy (non-hydrogen) atoms. The Morgan fingerprint density at radius 1 is 0.961 bits per heavy atom. The second kappa shape index (κ2) is 15.8. The number of pyridine rings is 1. The summed E-state index contributed by atoms with van der Waals surface area (Å²) in [5.41, 5.74) is 0.280. The second-order valence-electron chi connectivity index (χ2n) is 13.7. The van der Waals surface area contributed by atoms with E-state index in [-0.39, 0.29) is 42.6 Å². The van der Waals surface area contributed by atoms with E-state index < -0.39 is 17.1 Å². The van der Waals surface area contributed by atoms with Crippen LogP contribution in [0.4, 0.5) is 0 Å². The maximum atomic E-state index is 13.6. The molecule has 1 unspecified atom stereocenters. The molecule has 0 saturated carbocycles. The summed E-state index contributed by atoms with van der Waals surface area (Å²) in [5, 5.41) is 7.84. The average Bonchev–Trinajstić information content (AvgIpc) is 3.81. The SMILES string of the molecule is CCCC(C)(CC)OCCC(C)(C)C(=O)NCc1ncn(-c2ncc(OC)c3c(C(=O)C(=O)N4CCN(C(=O)c5ccccc5)CC4)c[nH]c23)n1. The molecule has 1 aromatic carbocycles. The third-order valence-corrected chi connectivity index (χ3v) is 9.67. The number of ether oxygens (including phenoxy) is 2. The van der Waals surface area contributed by atoms with Gasteiger partial charge in [-0.15, -0.1) is 5.10 Å². The molecule has 2 N–H and O–H groups in total. The normalized spacial score (nSPS) is 14.7. The number of methoxy groups -OCH3 is 1. The van der Waals surface area contributed by atoms with Gasteiger partial charge in [0.15, 0.2) is 11.6 Å². The van der Waals surface area contributed by atoms with Crippen LogP contribution in [0.1, 0.15) is 86.8 Å². The van der Waals surface area contributed by atoms with Gasteiger partial charge in [0.2, 0.25) is 5.91 Å². The van der Waals surface area contributed by atoms with Crippen LogP contribution in [0.15, 0.2) is 49.1 Å². The Morgan fingerprint density at radius 2 is 1.67 bits per heavy atom. The highest BCUT2D eigenvalue weighted by Gasteiger charge is 2.32. The molecule has 0 aliphatic carbocycles. The van der Waals surface area contributed by atoms with Gasteiger partial charge in [-0.1, -0.05) is 52.3 Å². The van der Waals surface area contributed by atoms with Crippen molar-refractivity contribution in [1.82, 2.24) is 39.8 Å². The van der Waals surface area contributed by atoms with E-state index in [0.717, 1.165) is 19.3 Å². The number of fused-ring (bicyclic) bond motifs is 1. The molecule has 3 amide bonds. The van der Waals surface area contributed by atoms with Crippen LogP contribution in [0.25, 0.3) is 16.7 Å². The van der Waals surface area contributed by atoms with E-state index >= 15 is 0 Å². The molecule has 1 aliphatic rings. The highest BCUT2D eigenvalue weighted by Crippen LogP contribution is 2.32. The summed E-state index contributed by atoms with van der Waals surface area (Å²) < 4.78 is 13.2. The van der Waals surface area contributed by atoms with Crippen LogP contribution in [-0.2, 0) is 20.9 Å². The Morgan fingerprint density at radius 3 is 2.33 bits per heavy atom. The zero-order chi connectivity index (χ0) is 36.8. The first kappa shape index (κ1) is 37.2. The molecular weight excluding hydrogens is 652 g/mol. The second-order valence-corrected chi connectivity index (χ2v) is 13.7. The molecule has 0 radical (unpaired) electrons. The van der Waals surface area contributed by atoms with Crippen LogP contribution in [0, 0.1) is 5.41 Å². The number of rotatable bonds is 15. The number of carbonyl (C=O) groups excluding carboxylic acids is 4. The number of aromatic amines is 1. The summed E-state index contributed by atoms with van der Waals surface area (Å²) in [6, 6.07) is 8.97. The fourth-order valence-corrected chi connectivity index (χ4v) is 6.17. The molecule has 3 aromatic heterocycles. The molecule has 1 saturated heterocycles. The lowest BCUT2D eigenvalue weighted by Gasteiger charge is -2.34. The summed E-state index contributed by atoms with van der Waals surface area (Å²) in [4.78, 5) is 68.1. The van der Waals surface area contributed by atoms with E-state index in [2.05, 4.69) is 46.1 Å². The summed E-state index contributed by atoms with van der Waals surface area (Å²) in [6.07, 6.45) is 7.86. The lowest BCUT2D eigenvalue weighted by molar-refractivity contribution is -0.132. The predicted molar refractivity (Wildman–Crippen MR) is 191 cm³/mol. The van der Waals surface area contributed by atoms with E-state index in [1.807, 2.05) is 19.9 Å². The quantitative estimate of drug-likeness (QED) is 0.136. The zero-order valence-corrected chi connectivity index (χ0v) is 30.3. The van der Waals surface area contributed by atoms with Crippen LogP contribution in [-0.4, -0.2) is 104 Å². The highest BCUT2D eigenvalue weighted by molar-refractivity contribution is 6.45. The fraction of sp³-hybridized carbons (Fsp3) is 0.486. The van der Waals surface area contributed by atoms with Crippen molar-refractivity contribution in [2.24, 2.45) is 5.41 Å². The highest BCUT2D eigenvalue weighted by atomic mass is 16.5. The number of piperazine rings is 1. The number of benzene rings is 1. The molecule has 14 heteroatoms. The van der Waals surface area contributed by atoms with Gasteiger partial charge >= 0.3 is 0 Å². The van der Waals surface area contributed by atoms with Crippen molar-refractivity contribution in [3.05, 3.63) is 66.0 Å². The summed E-state index contributed by atoms with van der Waals surface area (Å²) in [6.45, 7) is 11.8. The van der Waals surface area contributed by atoms with Gasteiger partial charge in [0.05, 0.1) is 41.9 Å². The van der Waals surface area contributed by atoms with E-state index in [9.17, 15) is 19.2 Å². The number of hydrogen-bond donors (Lipinski definition) is 2. The van der Waals surface area contributed by atoms with Crippen LogP contribution >= 0.6 is 0 Å². The zero-order valence-electron chi connectivity index (χ0n) is 30.3. The Bertz CT molecular complexity index is 1860. The van der Waals surface area contributed by atoms with Gasteiger partial charge in [-0.2, -0.15) is 0 Å². The van der Waals surface area contributed by atoms with Crippen LogP contribution in [0.3, 0.4) is 0 Å². The van der Waals surface area contributed by atoms with Crippen LogP contribution in [0.5, 0.6) is 5.75 Å². The van der Waals surface area contributed by atoms with Gasteiger partial charge in [0.1, 0.15) is 12.1 Å². The molecule has 1 aliphatic heterocycles. The molecule has 5 rings (SSSR count). The van der Waals surface area contributed by atoms with E-state index in [1.165, 1.54) is 35.4 Å². The minimum Gasteiger partial charge on any atom is -0.494 e. The van der Waals surface area contributed by atoms with Gasteiger partial charge in [0.25, 0.3) is 17.6 Å². The topological polar surface area (TPSA) is 165 Å². The third kappa shape index (κ3) is 8.28. The smallest absolute Gasteiger partial charge is 0.295 e. The molecule has 4 aromatic rings. The number of nitrogens with zero attached hydrogens (tertiary/aromatic N) is 6. The fourth-order valence-electron chi connectivity index (χ4n) is 6.17. The maximum Gasteiger partial charge on any atom is 0.295 e. The molecular formula is C37H48N8O6. The van der Waals surface area contributed by atoms with Crippen molar-refractivity contribution in [3.63, 3.8) is 0 Å². The number of ketones is 1. The maximum absolute atomic E-state index is 13.6. The standard InChI is InChI=1S/C37H48N8O6/c1-7-14-37(5,8-2)51-20-15-36(3,4)35(49)40-23-28-41-24-45(42-28)32-30-29(27(50-6)22-39-32)26(21-38-30)31(46)34(48)44-18-16-43(17-19-44)33(47)25-12-10-9-11-13-25/h9-13,21-22,24,38H,7-8,14-20,23H2,1-6H3,(H,40,49). The van der Waals surface area contributed by atoms with Crippen LogP contribution < -0.4 is 10.1 Å². The van der Waals surface area contributed by atoms with Crippen LogP contribution in [0.2, 0.25) is 0 Å². The van der Waals surface area contributed by atoms with Gasteiger partial charge in [-0.3, -0.25) is 19.2 Å². The molecule has 14 nitrogen and oxygen atoms in total. The summed E-state index contributed by atoms with van der Waals surface area (Å²) in [5.74, 6) is -0.624. The minimum atomic E-state index is -0.709. The number of aromatic nitrogens is 5. The monoisotopic (exact) mass is 700 g/mol. The minimum absolute atomic E-state index is 0.102. The van der Waals surface area contributed by atoms with Crippen molar-refractivity contribution in [3.8, 4) is 11.6 Å². The van der Waals surface area contributed by atoms with Crippen molar-refractivity contribution in [1.29, 1.82) is 0 Å². The number of hydrogen-bond acceptors (Lipinski definition) is 9. The molecule has 0 bridgehead atoms. The van der Waals surface area contributed by atoms with Gasteiger partial charge in [-0.25, -0.2) is 14.6 Å². The summed E-state index contributed by atoms with van der Waals surface area (Å²) >= 11 is 0. The molecule has 1 fully saturated rings. The van der Waals surface area contributed by atoms with E-state index in [4.69, 9.17) is 9.47 Å². The first-order valence-electron chi connectivity index (χ1n) is 17.5. The Balaban J connectivity index is 1.24. The molecule has 0 spiro atoms. The first-order valence-corrected chi connectivity index (χ1v) is 17.5. The van der Waals surface area contributed by atoms with Crippen molar-refractivity contribution >= 4 is 34.4 Å². The first-order chi connectivity index (χ1) is 24.4. The molecule has 272 valence electrons. The number of amides is 3. The van der Waals surface area contributed by atoms with E-state index in [0.29, 0.717) is 60.0 Å². The van der Waals surface area contributed by atoms with Gasteiger partial charge in [-0.05, 0) is 38.3 Å². The largest absolute Gasteiger partial charge is 0.494 e. The average molecular weight is 701 g/mol. The number of Topliss-reactive ketones (excluding diaryl/α,β-unsaturated/α-hetero) is 1. The predicted octanol–water partition coefficient (Wildman–Crippen LogP) is 4.34. The lowest BCUT2D eigenvalue weighted by atomic mass is 9.88. The summed E-state index contributed by atoms with van der Waals surface area (Å²) in [7, 11) is 1.46. The van der Waals surface area contributed by atoms with Crippen molar-refractivity contribution in [2.45, 2.75) is 72.4 Å². The van der Waals surface area contributed by atoms with E-state index in [1.54, 1.807) is 29.2 Å².